The van der Waals surface area contributed by atoms with Crippen molar-refractivity contribution in [2.24, 2.45) is 5.92 Å². The van der Waals surface area contributed by atoms with Crippen LogP contribution in [-0.4, -0.2) is 59.7 Å². The molecule has 23 heavy (non-hydrogen) atoms. The summed E-state index contributed by atoms with van der Waals surface area (Å²) in [6, 6.07) is 0.151. The maximum absolute atomic E-state index is 12.2. The summed E-state index contributed by atoms with van der Waals surface area (Å²) in [5.41, 5.74) is 0. The predicted octanol–water partition coefficient (Wildman–Crippen LogP) is 0.224. The summed E-state index contributed by atoms with van der Waals surface area (Å²) >= 11 is 1.30. The summed E-state index contributed by atoms with van der Waals surface area (Å²) in [5.74, 6) is -0.00795. The molecule has 0 radical (unpaired) electrons. The Balaban J connectivity index is 1.55. The van der Waals surface area contributed by atoms with Gasteiger partial charge in [0.25, 0.3) is 0 Å². The van der Waals surface area contributed by atoms with Gasteiger partial charge in [-0.3, -0.25) is 19.8 Å². The van der Waals surface area contributed by atoms with Crippen molar-refractivity contribution in [3.63, 3.8) is 0 Å². The quantitative estimate of drug-likeness (QED) is 0.797. The first-order valence-electron chi connectivity index (χ1n) is 7.78. The van der Waals surface area contributed by atoms with Crippen LogP contribution in [0.2, 0.25) is 0 Å². The molecule has 2 N–H and O–H groups in total. The number of rotatable bonds is 5. The molecule has 2 bridgehead atoms. The van der Waals surface area contributed by atoms with Gasteiger partial charge in [-0.2, -0.15) is 0 Å². The van der Waals surface area contributed by atoms with Gasteiger partial charge in [-0.25, -0.2) is 0 Å². The number of carbonyl (C=O) groups is 2. The monoisotopic (exact) mass is 339 g/mol. The third-order valence-corrected chi connectivity index (χ3v) is 4.94. The number of ether oxygens (including phenoxy) is 1. The summed E-state index contributed by atoms with van der Waals surface area (Å²) in [6.07, 6.45) is 2.95. The van der Waals surface area contributed by atoms with Gasteiger partial charge in [0.1, 0.15) is 11.6 Å². The lowest BCUT2D eigenvalue weighted by molar-refractivity contribution is -0.125. The number of fused-ring (bicyclic) bond motifs is 3. The molecule has 0 unspecified atom stereocenters. The largest absolute Gasteiger partial charge is 0.377 e. The van der Waals surface area contributed by atoms with Crippen molar-refractivity contribution in [1.29, 1.82) is 0 Å². The first-order valence-corrected chi connectivity index (χ1v) is 8.59. The summed E-state index contributed by atoms with van der Waals surface area (Å²) in [5, 5.41) is 14.9. The zero-order valence-electron chi connectivity index (χ0n) is 13.1. The zero-order chi connectivity index (χ0) is 16.2. The number of hydrogen-bond acceptors (Lipinski definition) is 7. The molecule has 2 aliphatic heterocycles. The van der Waals surface area contributed by atoms with Crippen LogP contribution in [0.15, 0.2) is 0 Å². The molecular weight excluding hydrogens is 318 g/mol. The van der Waals surface area contributed by atoms with Gasteiger partial charge in [0.05, 0.1) is 12.5 Å². The summed E-state index contributed by atoms with van der Waals surface area (Å²) in [4.78, 5) is 26.3. The SMILES string of the molecule is COCc1nnc(NC(=O)CN2C[C@H]3CCC[C@@H](C2)C(=O)N3)s1. The number of likely N-dealkylation sites (tertiary alicyclic amines) is 1. The molecule has 0 aliphatic carbocycles. The van der Waals surface area contributed by atoms with Gasteiger partial charge >= 0.3 is 0 Å². The van der Waals surface area contributed by atoms with Crippen molar-refractivity contribution in [2.75, 3.05) is 32.1 Å². The number of hydrogen-bond donors (Lipinski definition) is 2. The third-order valence-electron chi connectivity index (χ3n) is 4.13. The topological polar surface area (TPSA) is 96.5 Å². The van der Waals surface area contributed by atoms with Crippen molar-refractivity contribution in [2.45, 2.75) is 31.9 Å². The molecule has 2 saturated heterocycles. The standard InChI is InChI=1S/C14H21N5O3S/c1-22-8-12-17-18-14(23-12)16-11(20)7-19-5-9-3-2-4-10(6-19)15-13(9)21/h9-10H,2-8H2,1H3,(H,15,21)(H,16,18,20)/t9-,10+/m0/s1. The van der Waals surface area contributed by atoms with Crippen LogP contribution in [0.1, 0.15) is 24.3 Å². The number of nitrogens with one attached hydrogen (secondary N) is 2. The Morgan fingerprint density at radius 3 is 3.13 bits per heavy atom. The molecule has 0 saturated carbocycles. The smallest absolute Gasteiger partial charge is 0.240 e. The van der Waals surface area contributed by atoms with E-state index in [0.717, 1.165) is 30.8 Å². The summed E-state index contributed by atoms with van der Waals surface area (Å²) in [7, 11) is 1.59. The highest BCUT2D eigenvalue weighted by atomic mass is 32.1. The molecule has 9 heteroatoms. The molecule has 2 aliphatic rings. The summed E-state index contributed by atoms with van der Waals surface area (Å²) < 4.78 is 4.98. The molecule has 0 aromatic carbocycles. The van der Waals surface area contributed by atoms with Gasteiger partial charge in [-0.15, -0.1) is 10.2 Å². The number of nitrogens with zero attached hydrogens (tertiary/aromatic N) is 3. The Labute approximate surface area is 138 Å². The second-order valence-corrected chi connectivity index (χ2v) is 7.07. The van der Waals surface area contributed by atoms with Crippen LogP contribution in [0.5, 0.6) is 0 Å². The molecule has 2 fully saturated rings. The molecular formula is C14H21N5O3S. The highest BCUT2D eigenvalue weighted by molar-refractivity contribution is 7.15. The summed E-state index contributed by atoms with van der Waals surface area (Å²) in [6.45, 7) is 2.01. The Morgan fingerprint density at radius 1 is 1.43 bits per heavy atom. The van der Waals surface area contributed by atoms with Crippen LogP contribution in [0.4, 0.5) is 5.13 Å². The van der Waals surface area contributed by atoms with Gasteiger partial charge < -0.3 is 10.1 Å². The number of methoxy groups -OCH3 is 1. The van der Waals surface area contributed by atoms with E-state index in [2.05, 4.69) is 25.7 Å². The minimum absolute atomic E-state index is 0.00913. The van der Waals surface area contributed by atoms with Crippen molar-refractivity contribution in [3.8, 4) is 0 Å². The Hall–Kier alpha value is -1.58. The van der Waals surface area contributed by atoms with Crippen LogP contribution < -0.4 is 10.6 Å². The van der Waals surface area contributed by atoms with E-state index in [1.54, 1.807) is 7.11 Å². The fourth-order valence-corrected chi connectivity index (χ4v) is 3.85. The van der Waals surface area contributed by atoms with Gasteiger partial charge in [0.15, 0.2) is 0 Å². The normalized spacial score (nSPS) is 24.8. The zero-order valence-corrected chi connectivity index (χ0v) is 13.9. The second-order valence-electron chi connectivity index (χ2n) is 6.01. The van der Waals surface area contributed by atoms with Crippen LogP contribution in [0.25, 0.3) is 0 Å². The van der Waals surface area contributed by atoms with Crippen LogP contribution in [0, 0.1) is 5.92 Å². The van der Waals surface area contributed by atoms with Crippen molar-refractivity contribution in [1.82, 2.24) is 20.4 Å². The maximum atomic E-state index is 12.2. The third kappa shape index (κ3) is 4.24. The van der Waals surface area contributed by atoms with E-state index in [4.69, 9.17) is 4.74 Å². The first-order chi connectivity index (χ1) is 11.1. The number of anilines is 1. The van der Waals surface area contributed by atoms with E-state index in [0.29, 0.717) is 18.3 Å². The van der Waals surface area contributed by atoms with E-state index >= 15 is 0 Å². The molecule has 126 valence electrons. The Morgan fingerprint density at radius 2 is 2.30 bits per heavy atom. The molecule has 1 aromatic rings. The van der Waals surface area contributed by atoms with Crippen LogP contribution in [0.3, 0.4) is 0 Å². The van der Waals surface area contributed by atoms with Crippen LogP contribution in [-0.2, 0) is 20.9 Å². The molecule has 3 rings (SSSR count). The lowest BCUT2D eigenvalue weighted by Crippen LogP contribution is -2.42. The van der Waals surface area contributed by atoms with Gasteiger partial charge in [-0.1, -0.05) is 17.8 Å². The fraction of sp³-hybridized carbons (Fsp3) is 0.714. The molecule has 0 spiro atoms. The number of carbonyl (C=O) groups excluding carboxylic acids is 2. The fourth-order valence-electron chi connectivity index (χ4n) is 3.12. The van der Waals surface area contributed by atoms with E-state index in [9.17, 15) is 9.59 Å². The van der Waals surface area contributed by atoms with Crippen LogP contribution >= 0.6 is 11.3 Å². The van der Waals surface area contributed by atoms with Crippen molar-refractivity contribution in [3.05, 3.63) is 5.01 Å². The van der Waals surface area contributed by atoms with E-state index in [1.807, 2.05) is 0 Å². The van der Waals surface area contributed by atoms with E-state index < -0.39 is 0 Å². The van der Waals surface area contributed by atoms with Gasteiger partial charge in [0.2, 0.25) is 16.9 Å². The number of amides is 2. The van der Waals surface area contributed by atoms with Crippen molar-refractivity contribution < 1.29 is 14.3 Å². The highest BCUT2D eigenvalue weighted by Crippen LogP contribution is 2.22. The lowest BCUT2D eigenvalue weighted by Gasteiger charge is -2.26. The average molecular weight is 339 g/mol. The lowest BCUT2D eigenvalue weighted by atomic mass is 9.99. The van der Waals surface area contributed by atoms with Gasteiger partial charge in [-0.05, 0) is 12.8 Å². The average Bonchev–Trinajstić information content (AvgIpc) is 2.76. The molecule has 2 atom stereocenters. The van der Waals surface area contributed by atoms with E-state index in [-0.39, 0.29) is 30.3 Å². The van der Waals surface area contributed by atoms with E-state index in [1.165, 1.54) is 11.3 Å². The number of aromatic nitrogens is 2. The van der Waals surface area contributed by atoms with Crippen molar-refractivity contribution >= 4 is 28.3 Å². The molecule has 8 nitrogen and oxygen atoms in total. The molecule has 1 aromatic heterocycles. The first kappa shape index (κ1) is 16.3. The highest BCUT2D eigenvalue weighted by Gasteiger charge is 2.33. The molecule has 3 heterocycles. The minimum atomic E-state index is -0.127. The second kappa shape index (κ2) is 7.33. The predicted molar refractivity (Wildman–Crippen MR) is 85.0 cm³/mol. The minimum Gasteiger partial charge on any atom is -0.377 e. The molecule has 2 amide bonds. The van der Waals surface area contributed by atoms with Gasteiger partial charge in [0, 0.05) is 26.2 Å². The maximum Gasteiger partial charge on any atom is 0.240 e. The Kier molecular flexibility index (Phi) is 5.19. The Bertz CT molecular complexity index is 579.